The molecule has 1 aliphatic heterocycles. The van der Waals surface area contributed by atoms with E-state index in [-0.39, 0.29) is 5.97 Å². The zero-order valence-corrected chi connectivity index (χ0v) is 9.37. The molecule has 3 nitrogen and oxygen atoms in total. The maximum absolute atomic E-state index is 11.5. The molecule has 0 bridgehead atoms. The van der Waals surface area contributed by atoms with E-state index in [0.717, 1.165) is 10.3 Å². The van der Waals surface area contributed by atoms with Crippen LogP contribution in [0.25, 0.3) is 0 Å². The highest BCUT2D eigenvalue weighted by Crippen LogP contribution is 2.32. The Morgan fingerprint density at radius 2 is 2.36 bits per heavy atom. The first-order valence-corrected chi connectivity index (χ1v) is 5.22. The molecule has 1 aliphatic rings. The zero-order valence-electron chi connectivity index (χ0n) is 7.79. The zero-order chi connectivity index (χ0) is 10.2. The third kappa shape index (κ3) is 1.43. The van der Waals surface area contributed by atoms with Crippen LogP contribution in [0.15, 0.2) is 22.8 Å². The number of carbonyl (C=O) groups excluding carboxylic acids is 1. The van der Waals surface area contributed by atoms with Crippen LogP contribution in [0.1, 0.15) is 19.0 Å². The highest BCUT2D eigenvalue weighted by molar-refractivity contribution is 9.10. The lowest BCUT2D eigenvalue weighted by atomic mass is 9.85. The summed E-state index contributed by atoms with van der Waals surface area (Å²) in [6, 6.07) is 5.58. The van der Waals surface area contributed by atoms with Crippen molar-refractivity contribution < 1.29 is 9.53 Å². The van der Waals surface area contributed by atoms with Crippen LogP contribution in [0.4, 0.5) is 0 Å². The van der Waals surface area contributed by atoms with Gasteiger partial charge < -0.3 is 4.74 Å². The lowest BCUT2D eigenvalue weighted by molar-refractivity contribution is -0.142. The van der Waals surface area contributed by atoms with Gasteiger partial charge in [-0.25, -0.2) is 4.98 Å². The highest BCUT2D eigenvalue weighted by atomic mass is 79.9. The molecule has 0 saturated carbocycles. The van der Waals surface area contributed by atoms with E-state index in [4.69, 9.17) is 4.74 Å². The van der Waals surface area contributed by atoms with Gasteiger partial charge in [0, 0.05) is 6.42 Å². The van der Waals surface area contributed by atoms with E-state index in [0.29, 0.717) is 13.0 Å². The first-order valence-electron chi connectivity index (χ1n) is 4.43. The number of hydrogen-bond donors (Lipinski definition) is 0. The monoisotopic (exact) mass is 255 g/mol. The van der Waals surface area contributed by atoms with Crippen molar-refractivity contribution in [3.63, 3.8) is 0 Å². The lowest BCUT2D eigenvalue weighted by Gasteiger charge is -2.17. The van der Waals surface area contributed by atoms with Crippen LogP contribution in [0.3, 0.4) is 0 Å². The predicted molar refractivity (Wildman–Crippen MR) is 54.9 cm³/mol. The average molecular weight is 256 g/mol. The van der Waals surface area contributed by atoms with Crippen molar-refractivity contribution in [1.29, 1.82) is 0 Å². The summed E-state index contributed by atoms with van der Waals surface area (Å²) in [5, 5.41) is 0. The van der Waals surface area contributed by atoms with Gasteiger partial charge in [0.1, 0.15) is 10.0 Å². The molecule has 0 aromatic carbocycles. The Labute approximate surface area is 90.6 Å². The molecule has 1 atom stereocenters. The molecule has 0 amide bonds. The van der Waals surface area contributed by atoms with Crippen LogP contribution >= 0.6 is 15.9 Å². The molecule has 0 radical (unpaired) electrons. The van der Waals surface area contributed by atoms with Crippen molar-refractivity contribution in [2.75, 3.05) is 6.61 Å². The second-order valence-electron chi connectivity index (χ2n) is 3.56. The standard InChI is InChI=1S/C10H10BrNO2/c1-10(5-6-14-9(10)13)7-3-2-4-8(11)12-7/h2-4H,5-6H2,1H3. The number of nitrogens with zero attached hydrogens (tertiary/aromatic N) is 1. The van der Waals surface area contributed by atoms with Gasteiger partial charge in [-0.05, 0) is 35.0 Å². The van der Waals surface area contributed by atoms with E-state index in [9.17, 15) is 4.79 Å². The van der Waals surface area contributed by atoms with Crippen LogP contribution in [0.2, 0.25) is 0 Å². The number of hydrogen-bond acceptors (Lipinski definition) is 3. The fourth-order valence-electron chi connectivity index (χ4n) is 1.56. The lowest BCUT2D eigenvalue weighted by Crippen LogP contribution is -2.28. The van der Waals surface area contributed by atoms with E-state index >= 15 is 0 Å². The molecular weight excluding hydrogens is 246 g/mol. The number of aromatic nitrogens is 1. The predicted octanol–water partition coefficient (Wildman–Crippen LogP) is 2.05. The molecule has 0 N–H and O–H groups in total. The van der Waals surface area contributed by atoms with Gasteiger partial charge in [-0.2, -0.15) is 0 Å². The van der Waals surface area contributed by atoms with Crippen LogP contribution in [-0.4, -0.2) is 17.6 Å². The third-order valence-electron chi connectivity index (χ3n) is 2.57. The maximum atomic E-state index is 11.5. The first kappa shape index (κ1) is 9.65. The van der Waals surface area contributed by atoms with E-state index in [2.05, 4.69) is 20.9 Å². The minimum absolute atomic E-state index is 0.178. The van der Waals surface area contributed by atoms with Gasteiger partial charge in [-0.3, -0.25) is 4.79 Å². The number of esters is 1. The summed E-state index contributed by atoms with van der Waals surface area (Å²) >= 11 is 3.29. The number of cyclic esters (lactones) is 1. The maximum Gasteiger partial charge on any atom is 0.318 e. The molecule has 0 aliphatic carbocycles. The Balaban J connectivity index is 2.43. The topological polar surface area (TPSA) is 39.2 Å². The number of pyridine rings is 1. The number of carbonyl (C=O) groups is 1. The fourth-order valence-corrected chi connectivity index (χ4v) is 1.90. The van der Waals surface area contributed by atoms with Crippen LogP contribution in [0, 0.1) is 0 Å². The molecule has 74 valence electrons. The highest BCUT2D eigenvalue weighted by Gasteiger charge is 2.42. The van der Waals surface area contributed by atoms with Gasteiger partial charge in [0.25, 0.3) is 0 Å². The second-order valence-corrected chi connectivity index (χ2v) is 4.38. The van der Waals surface area contributed by atoms with Gasteiger partial charge in [0.05, 0.1) is 12.3 Å². The Morgan fingerprint density at radius 3 is 2.93 bits per heavy atom. The van der Waals surface area contributed by atoms with Crippen molar-refractivity contribution in [3.8, 4) is 0 Å². The molecule has 14 heavy (non-hydrogen) atoms. The molecule has 1 saturated heterocycles. The summed E-state index contributed by atoms with van der Waals surface area (Å²) in [6.45, 7) is 2.36. The van der Waals surface area contributed by atoms with E-state index in [1.165, 1.54) is 0 Å². The summed E-state index contributed by atoms with van der Waals surface area (Å²) in [5.74, 6) is -0.178. The molecule has 4 heteroatoms. The molecular formula is C10H10BrNO2. The minimum Gasteiger partial charge on any atom is -0.465 e. The van der Waals surface area contributed by atoms with Crippen molar-refractivity contribution >= 4 is 21.9 Å². The van der Waals surface area contributed by atoms with Gasteiger partial charge in [-0.1, -0.05) is 6.07 Å². The number of rotatable bonds is 1. The molecule has 1 aromatic heterocycles. The second kappa shape index (κ2) is 3.35. The van der Waals surface area contributed by atoms with Crippen LogP contribution < -0.4 is 0 Å². The van der Waals surface area contributed by atoms with Gasteiger partial charge in [0.2, 0.25) is 0 Å². The van der Waals surface area contributed by atoms with Crippen LogP contribution in [-0.2, 0) is 14.9 Å². The Hall–Kier alpha value is -0.900. The summed E-state index contributed by atoms with van der Waals surface area (Å²) in [4.78, 5) is 15.8. The van der Waals surface area contributed by atoms with Crippen molar-refractivity contribution in [3.05, 3.63) is 28.5 Å². The number of ether oxygens (including phenoxy) is 1. The Kier molecular flexibility index (Phi) is 2.31. The molecule has 1 unspecified atom stereocenters. The average Bonchev–Trinajstić information content (AvgIpc) is 2.49. The van der Waals surface area contributed by atoms with Gasteiger partial charge in [-0.15, -0.1) is 0 Å². The Morgan fingerprint density at radius 1 is 1.57 bits per heavy atom. The van der Waals surface area contributed by atoms with Crippen molar-refractivity contribution in [2.45, 2.75) is 18.8 Å². The minimum atomic E-state index is -0.566. The van der Waals surface area contributed by atoms with Gasteiger partial charge >= 0.3 is 5.97 Å². The molecule has 0 spiro atoms. The smallest absolute Gasteiger partial charge is 0.318 e. The summed E-state index contributed by atoms with van der Waals surface area (Å²) in [6.07, 6.45) is 0.704. The molecule has 2 heterocycles. The largest absolute Gasteiger partial charge is 0.465 e. The summed E-state index contributed by atoms with van der Waals surface area (Å²) in [5.41, 5.74) is 0.207. The molecule has 1 aromatic rings. The first-order chi connectivity index (χ1) is 6.63. The summed E-state index contributed by atoms with van der Waals surface area (Å²) < 4.78 is 5.71. The van der Waals surface area contributed by atoms with Crippen molar-refractivity contribution in [2.24, 2.45) is 0 Å². The van der Waals surface area contributed by atoms with Gasteiger partial charge in [0.15, 0.2) is 0 Å². The molecule has 1 fully saturated rings. The molecule has 2 rings (SSSR count). The van der Waals surface area contributed by atoms with E-state index in [1.807, 2.05) is 25.1 Å². The van der Waals surface area contributed by atoms with E-state index in [1.54, 1.807) is 0 Å². The third-order valence-corrected chi connectivity index (χ3v) is 3.01. The van der Waals surface area contributed by atoms with Crippen molar-refractivity contribution in [1.82, 2.24) is 4.98 Å². The fraction of sp³-hybridized carbons (Fsp3) is 0.400. The summed E-state index contributed by atoms with van der Waals surface area (Å²) in [7, 11) is 0. The number of halogens is 1. The normalized spacial score (nSPS) is 26.3. The van der Waals surface area contributed by atoms with E-state index < -0.39 is 5.41 Å². The Bertz CT molecular complexity index is 380. The van der Waals surface area contributed by atoms with Crippen LogP contribution in [0.5, 0.6) is 0 Å². The SMILES string of the molecule is CC1(c2cccc(Br)n2)CCOC1=O. The quantitative estimate of drug-likeness (QED) is 0.570.